The van der Waals surface area contributed by atoms with Gasteiger partial charge < -0.3 is 15.2 Å². The highest BCUT2D eigenvalue weighted by Crippen LogP contribution is 2.19. The molecule has 1 fully saturated rings. The van der Waals surface area contributed by atoms with Gasteiger partial charge in [0.1, 0.15) is 0 Å². The van der Waals surface area contributed by atoms with Crippen LogP contribution in [0.15, 0.2) is 24.3 Å². The van der Waals surface area contributed by atoms with Crippen LogP contribution in [0.4, 0.5) is 0 Å². The van der Waals surface area contributed by atoms with Crippen molar-refractivity contribution in [2.75, 3.05) is 19.8 Å². The number of aliphatic hydroxyl groups is 1. The molecule has 0 atom stereocenters. The highest BCUT2D eigenvalue weighted by molar-refractivity contribution is 6.30. The fourth-order valence-electron chi connectivity index (χ4n) is 2.23. The summed E-state index contributed by atoms with van der Waals surface area (Å²) in [4.78, 5) is 11.8. The Kier molecular flexibility index (Phi) is 5.40. The van der Waals surface area contributed by atoms with Gasteiger partial charge in [-0.1, -0.05) is 23.7 Å². The second-order valence-electron chi connectivity index (χ2n) is 5.24. The van der Waals surface area contributed by atoms with E-state index in [9.17, 15) is 9.90 Å². The highest BCUT2D eigenvalue weighted by Gasteiger charge is 2.29. The van der Waals surface area contributed by atoms with Gasteiger partial charge in [0.05, 0.1) is 5.60 Å². The van der Waals surface area contributed by atoms with Gasteiger partial charge in [0, 0.05) is 44.0 Å². The number of rotatable bonds is 5. The van der Waals surface area contributed by atoms with E-state index in [0.29, 0.717) is 50.5 Å². The van der Waals surface area contributed by atoms with Crippen LogP contribution in [0.25, 0.3) is 0 Å². The number of hydrogen-bond acceptors (Lipinski definition) is 3. The largest absolute Gasteiger partial charge is 0.388 e. The number of hydrogen-bond donors (Lipinski definition) is 2. The average molecular weight is 298 g/mol. The van der Waals surface area contributed by atoms with Crippen LogP contribution in [0.5, 0.6) is 0 Å². The van der Waals surface area contributed by atoms with Crippen LogP contribution >= 0.6 is 11.6 Å². The van der Waals surface area contributed by atoms with E-state index >= 15 is 0 Å². The smallest absolute Gasteiger partial charge is 0.220 e. The van der Waals surface area contributed by atoms with Gasteiger partial charge in [-0.25, -0.2) is 0 Å². The Morgan fingerprint density at radius 3 is 2.85 bits per heavy atom. The monoisotopic (exact) mass is 297 g/mol. The van der Waals surface area contributed by atoms with Crippen molar-refractivity contribution in [3.8, 4) is 0 Å². The first kappa shape index (κ1) is 15.3. The number of carbonyl (C=O) groups excluding carboxylic acids is 1. The summed E-state index contributed by atoms with van der Waals surface area (Å²) in [7, 11) is 0. The number of aryl methyl sites for hydroxylation is 1. The summed E-state index contributed by atoms with van der Waals surface area (Å²) in [6, 6.07) is 7.50. The summed E-state index contributed by atoms with van der Waals surface area (Å²) in [6.07, 6.45) is 2.18. The predicted octanol–water partition coefficient (Wildman–Crippen LogP) is 1.93. The Bertz CT molecular complexity index is 458. The van der Waals surface area contributed by atoms with E-state index in [2.05, 4.69) is 5.32 Å². The van der Waals surface area contributed by atoms with Crippen molar-refractivity contribution in [1.29, 1.82) is 0 Å². The normalized spacial score (nSPS) is 17.7. The molecule has 0 aliphatic carbocycles. The van der Waals surface area contributed by atoms with E-state index in [-0.39, 0.29) is 5.91 Å². The van der Waals surface area contributed by atoms with E-state index < -0.39 is 5.60 Å². The fourth-order valence-corrected chi connectivity index (χ4v) is 2.44. The van der Waals surface area contributed by atoms with E-state index in [1.165, 1.54) is 0 Å². The van der Waals surface area contributed by atoms with Crippen LogP contribution < -0.4 is 5.32 Å². The molecule has 0 bridgehead atoms. The zero-order chi connectivity index (χ0) is 14.4. The molecule has 20 heavy (non-hydrogen) atoms. The zero-order valence-corrected chi connectivity index (χ0v) is 12.2. The standard InChI is InChI=1S/C15H20ClNO3/c16-13-3-1-2-12(10-13)4-5-14(18)17-11-15(19)6-8-20-9-7-15/h1-3,10,19H,4-9,11H2,(H,17,18). The molecule has 1 aliphatic rings. The molecule has 1 aromatic carbocycles. The number of amides is 1. The molecular formula is C15H20ClNO3. The third-order valence-corrected chi connectivity index (χ3v) is 3.80. The Morgan fingerprint density at radius 1 is 1.40 bits per heavy atom. The van der Waals surface area contributed by atoms with Crippen LogP contribution in [0.2, 0.25) is 5.02 Å². The molecule has 110 valence electrons. The number of carbonyl (C=O) groups is 1. The third kappa shape index (κ3) is 4.78. The minimum absolute atomic E-state index is 0.0510. The first-order chi connectivity index (χ1) is 9.57. The number of ether oxygens (including phenoxy) is 1. The van der Waals surface area contributed by atoms with Gasteiger partial charge in [0.25, 0.3) is 0 Å². The minimum Gasteiger partial charge on any atom is -0.388 e. The molecule has 1 amide bonds. The fraction of sp³-hybridized carbons (Fsp3) is 0.533. The molecule has 1 aliphatic heterocycles. The lowest BCUT2D eigenvalue weighted by Crippen LogP contribution is -2.46. The average Bonchev–Trinajstić information content (AvgIpc) is 2.44. The third-order valence-electron chi connectivity index (χ3n) is 3.57. The van der Waals surface area contributed by atoms with E-state index in [0.717, 1.165) is 5.56 Å². The van der Waals surface area contributed by atoms with E-state index in [1.807, 2.05) is 24.3 Å². The maximum absolute atomic E-state index is 11.8. The van der Waals surface area contributed by atoms with Gasteiger partial charge >= 0.3 is 0 Å². The molecule has 1 saturated heterocycles. The first-order valence-corrected chi connectivity index (χ1v) is 7.26. The van der Waals surface area contributed by atoms with Crippen LogP contribution in [0.3, 0.4) is 0 Å². The van der Waals surface area contributed by atoms with Gasteiger partial charge in [0.2, 0.25) is 5.91 Å². The van der Waals surface area contributed by atoms with Crippen molar-refractivity contribution in [3.05, 3.63) is 34.9 Å². The van der Waals surface area contributed by atoms with Crippen LogP contribution in [0, 0.1) is 0 Å². The second kappa shape index (κ2) is 7.07. The second-order valence-corrected chi connectivity index (χ2v) is 5.68. The van der Waals surface area contributed by atoms with Crippen molar-refractivity contribution in [2.24, 2.45) is 0 Å². The van der Waals surface area contributed by atoms with Crippen LogP contribution in [-0.4, -0.2) is 36.4 Å². The molecule has 0 saturated carbocycles. The molecular weight excluding hydrogens is 278 g/mol. The molecule has 0 unspecified atom stereocenters. The number of halogens is 1. The molecule has 4 nitrogen and oxygen atoms in total. The highest BCUT2D eigenvalue weighted by atomic mass is 35.5. The summed E-state index contributed by atoms with van der Waals surface area (Å²) in [5.74, 6) is -0.0510. The van der Waals surface area contributed by atoms with Gasteiger partial charge in [-0.2, -0.15) is 0 Å². The molecule has 1 heterocycles. The molecule has 1 aromatic rings. The first-order valence-electron chi connectivity index (χ1n) is 6.89. The van der Waals surface area contributed by atoms with E-state index in [4.69, 9.17) is 16.3 Å². The van der Waals surface area contributed by atoms with Crippen molar-refractivity contribution in [3.63, 3.8) is 0 Å². The lowest BCUT2D eigenvalue weighted by Gasteiger charge is -2.32. The Hall–Kier alpha value is -1.10. The van der Waals surface area contributed by atoms with E-state index in [1.54, 1.807) is 0 Å². The predicted molar refractivity (Wildman–Crippen MR) is 77.8 cm³/mol. The summed E-state index contributed by atoms with van der Waals surface area (Å²) in [6.45, 7) is 1.40. The lowest BCUT2D eigenvalue weighted by atomic mass is 9.94. The van der Waals surface area contributed by atoms with Crippen LogP contribution in [-0.2, 0) is 16.0 Å². The Labute approximate surface area is 124 Å². The topological polar surface area (TPSA) is 58.6 Å². The van der Waals surface area contributed by atoms with Crippen molar-refractivity contribution in [1.82, 2.24) is 5.32 Å². The molecule has 0 spiro atoms. The number of benzene rings is 1. The van der Waals surface area contributed by atoms with Crippen molar-refractivity contribution < 1.29 is 14.6 Å². The van der Waals surface area contributed by atoms with Gasteiger partial charge in [-0.3, -0.25) is 4.79 Å². The summed E-state index contributed by atoms with van der Waals surface area (Å²) in [5.41, 5.74) is 0.224. The molecule has 2 N–H and O–H groups in total. The van der Waals surface area contributed by atoms with Crippen LogP contribution in [0.1, 0.15) is 24.8 Å². The van der Waals surface area contributed by atoms with Crippen molar-refractivity contribution in [2.45, 2.75) is 31.3 Å². The quantitative estimate of drug-likeness (QED) is 0.873. The summed E-state index contributed by atoms with van der Waals surface area (Å²) < 4.78 is 5.20. The Balaban J connectivity index is 1.72. The molecule has 5 heteroatoms. The molecule has 2 rings (SSSR count). The number of nitrogens with one attached hydrogen (secondary N) is 1. The maximum atomic E-state index is 11.8. The SMILES string of the molecule is O=C(CCc1cccc(Cl)c1)NCC1(O)CCOCC1. The summed E-state index contributed by atoms with van der Waals surface area (Å²) >= 11 is 5.90. The summed E-state index contributed by atoms with van der Waals surface area (Å²) in [5, 5.41) is 13.7. The maximum Gasteiger partial charge on any atom is 0.220 e. The van der Waals surface area contributed by atoms with Gasteiger partial charge in [-0.15, -0.1) is 0 Å². The Morgan fingerprint density at radius 2 is 2.15 bits per heavy atom. The van der Waals surface area contributed by atoms with Gasteiger partial charge in [0.15, 0.2) is 0 Å². The van der Waals surface area contributed by atoms with Crippen molar-refractivity contribution >= 4 is 17.5 Å². The molecule has 0 radical (unpaired) electrons. The zero-order valence-electron chi connectivity index (χ0n) is 11.4. The minimum atomic E-state index is -0.816. The van der Waals surface area contributed by atoms with Gasteiger partial charge in [-0.05, 0) is 24.1 Å². The lowest BCUT2D eigenvalue weighted by molar-refractivity contribution is -0.123. The molecule has 0 aromatic heterocycles.